The van der Waals surface area contributed by atoms with E-state index in [4.69, 9.17) is 19.9 Å². The number of unbranched alkanes of at least 4 members (excludes halogenated alkanes) is 6. The number of hydrogen-bond acceptors (Lipinski definition) is 6. The second-order valence-electron chi connectivity index (χ2n) is 7.74. The highest BCUT2D eigenvalue weighted by Crippen LogP contribution is 2.32. The number of rotatable bonds is 14. The molecule has 0 saturated heterocycles. The van der Waals surface area contributed by atoms with E-state index in [1.165, 1.54) is 0 Å². The quantitative estimate of drug-likeness (QED) is 0.184. The summed E-state index contributed by atoms with van der Waals surface area (Å²) in [5, 5.41) is 19.6. The molecule has 0 aliphatic heterocycles. The third kappa shape index (κ3) is 7.10. The average Bonchev–Trinajstić information content (AvgIpc) is 2.81. The maximum atomic E-state index is 12.2. The molecule has 0 saturated carbocycles. The Morgan fingerprint density at radius 2 is 1.09 bits per heavy atom. The van der Waals surface area contributed by atoms with Crippen LogP contribution in [0.15, 0.2) is 24.3 Å². The minimum absolute atomic E-state index is 0.152. The molecule has 32 heavy (non-hydrogen) atoms. The van der Waals surface area contributed by atoms with Crippen LogP contribution in [0.25, 0.3) is 10.8 Å². The molecular formula is C24H34N2O6. The summed E-state index contributed by atoms with van der Waals surface area (Å²) in [5.41, 5.74) is 3.58. The summed E-state index contributed by atoms with van der Waals surface area (Å²) in [5.74, 6) is -0.734. The van der Waals surface area contributed by atoms with Crippen LogP contribution in [0.4, 0.5) is 0 Å². The molecule has 2 amide bonds. The number of benzene rings is 2. The van der Waals surface area contributed by atoms with Crippen molar-refractivity contribution in [3.8, 4) is 11.5 Å². The van der Waals surface area contributed by atoms with Crippen LogP contribution in [0.3, 0.4) is 0 Å². The van der Waals surface area contributed by atoms with Crippen LogP contribution in [0.1, 0.15) is 85.9 Å². The van der Waals surface area contributed by atoms with Gasteiger partial charge in [-0.15, -0.1) is 0 Å². The van der Waals surface area contributed by atoms with Crippen LogP contribution < -0.4 is 20.4 Å². The van der Waals surface area contributed by atoms with Crippen LogP contribution in [-0.4, -0.2) is 35.4 Å². The minimum atomic E-state index is -0.708. The molecule has 8 nitrogen and oxygen atoms in total. The zero-order valence-electron chi connectivity index (χ0n) is 18.9. The summed E-state index contributed by atoms with van der Waals surface area (Å²) in [4.78, 5) is 24.4. The Morgan fingerprint density at radius 1 is 0.688 bits per heavy atom. The molecule has 0 aromatic heterocycles. The van der Waals surface area contributed by atoms with Crippen molar-refractivity contribution >= 4 is 22.6 Å². The van der Waals surface area contributed by atoms with E-state index in [1.54, 1.807) is 35.2 Å². The third-order valence-corrected chi connectivity index (χ3v) is 5.24. The first-order valence-electron chi connectivity index (χ1n) is 11.3. The summed E-state index contributed by atoms with van der Waals surface area (Å²) in [6.45, 7) is 5.15. The van der Waals surface area contributed by atoms with Crippen molar-refractivity contribution in [2.45, 2.75) is 65.2 Å². The van der Waals surface area contributed by atoms with Gasteiger partial charge >= 0.3 is 0 Å². The molecular weight excluding hydrogens is 412 g/mol. The number of fused-ring (bicyclic) bond motifs is 1. The lowest BCUT2D eigenvalue weighted by molar-refractivity contribution is 0.0698. The summed E-state index contributed by atoms with van der Waals surface area (Å²) in [6.07, 6.45) is 8.21. The Labute approximate surface area is 188 Å². The zero-order valence-corrected chi connectivity index (χ0v) is 18.9. The topological polar surface area (TPSA) is 117 Å². The van der Waals surface area contributed by atoms with Gasteiger partial charge in [-0.3, -0.25) is 20.0 Å². The lowest BCUT2D eigenvalue weighted by Gasteiger charge is -2.15. The molecule has 0 bridgehead atoms. The average molecular weight is 447 g/mol. The molecule has 8 heteroatoms. The van der Waals surface area contributed by atoms with Gasteiger partial charge in [0.1, 0.15) is 11.5 Å². The van der Waals surface area contributed by atoms with Gasteiger partial charge in [0.05, 0.1) is 24.3 Å². The zero-order chi connectivity index (χ0) is 23.3. The van der Waals surface area contributed by atoms with E-state index in [9.17, 15) is 9.59 Å². The SMILES string of the molecule is CCCCCCOc1cc2cc(OCCCCCC)c(C(=O)NO)cc2cc1C(=O)NO. The number of nitrogens with one attached hydrogen (secondary N) is 2. The summed E-state index contributed by atoms with van der Waals surface area (Å²) < 4.78 is 11.7. The van der Waals surface area contributed by atoms with Gasteiger partial charge in [-0.05, 0) is 47.9 Å². The molecule has 2 aromatic carbocycles. The minimum Gasteiger partial charge on any atom is -0.493 e. The van der Waals surface area contributed by atoms with Gasteiger partial charge in [-0.2, -0.15) is 0 Å². The van der Waals surface area contributed by atoms with Gasteiger partial charge in [-0.25, -0.2) is 11.0 Å². The van der Waals surface area contributed by atoms with Gasteiger partial charge in [0, 0.05) is 0 Å². The van der Waals surface area contributed by atoms with Crippen molar-refractivity contribution in [2.24, 2.45) is 0 Å². The molecule has 4 N–H and O–H groups in total. The second-order valence-corrected chi connectivity index (χ2v) is 7.74. The molecule has 0 fully saturated rings. The van der Waals surface area contributed by atoms with E-state index in [-0.39, 0.29) is 11.1 Å². The molecule has 0 radical (unpaired) electrons. The number of carbonyl (C=O) groups is 2. The monoisotopic (exact) mass is 446 g/mol. The first kappa shape index (κ1) is 25.4. The fraction of sp³-hybridized carbons (Fsp3) is 0.500. The first-order chi connectivity index (χ1) is 15.5. The summed E-state index contributed by atoms with van der Waals surface area (Å²) >= 11 is 0. The van der Waals surface area contributed by atoms with Gasteiger partial charge in [0.25, 0.3) is 11.8 Å². The predicted octanol–water partition coefficient (Wildman–Crippen LogP) is 5.00. The maximum Gasteiger partial charge on any atom is 0.278 e. The highest BCUT2D eigenvalue weighted by Gasteiger charge is 2.18. The number of carbonyl (C=O) groups excluding carboxylic acids is 2. The fourth-order valence-electron chi connectivity index (χ4n) is 3.44. The molecule has 0 spiro atoms. The predicted molar refractivity (Wildman–Crippen MR) is 122 cm³/mol. The van der Waals surface area contributed by atoms with Crippen molar-refractivity contribution in [1.82, 2.24) is 11.0 Å². The Morgan fingerprint density at radius 3 is 1.47 bits per heavy atom. The smallest absolute Gasteiger partial charge is 0.278 e. The van der Waals surface area contributed by atoms with Crippen LogP contribution in [0.2, 0.25) is 0 Å². The number of amides is 2. The Bertz CT molecular complexity index is 831. The van der Waals surface area contributed by atoms with Crippen molar-refractivity contribution in [2.75, 3.05) is 13.2 Å². The van der Waals surface area contributed by atoms with E-state index in [0.717, 1.165) is 51.4 Å². The van der Waals surface area contributed by atoms with Crippen molar-refractivity contribution < 1.29 is 29.5 Å². The molecule has 0 aliphatic carbocycles. The summed E-state index contributed by atoms with van der Waals surface area (Å²) in [7, 11) is 0. The molecule has 0 heterocycles. The Hall–Kier alpha value is -2.84. The Kier molecular flexibility index (Phi) is 10.8. The second kappa shape index (κ2) is 13.5. The number of hydrogen-bond donors (Lipinski definition) is 4. The van der Waals surface area contributed by atoms with E-state index in [1.807, 2.05) is 0 Å². The summed E-state index contributed by atoms with van der Waals surface area (Å²) in [6, 6.07) is 6.48. The standard InChI is InChI=1S/C24H34N2O6/c1-3-5-7-9-11-31-21-15-18-16-22(32-12-10-8-6-4-2)20(24(28)26-30)14-17(18)13-19(21)23(27)25-29/h13-16,29-30H,3-12H2,1-2H3,(H,25,27)(H,26,28). The number of ether oxygens (including phenoxy) is 2. The first-order valence-corrected chi connectivity index (χ1v) is 11.3. The molecule has 2 rings (SSSR count). The molecule has 0 aliphatic rings. The van der Waals surface area contributed by atoms with Gasteiger partial charge in [0.15, 0.2) is 0 Å². The van der Waals surface area contributed by atoms with Gasteiger partial charge < -0.3 is 9.47 Å². The lowest BCUT2D eigenvalue weighted by atomic mass is 10.0. The van der Waals surface area contributed by atoms with E-state index in [2.05, 4.69) is 13.8 Å². The maximum absolute atomic E-state index is 12.2. The van der Waals surface area contributed by atoms with Crippen molar-refractivity contribution in [1.29, 1.82) is 0 Å². The fourth-order valence-corrected chi connectivity index (χ4v) is 3.44. The van der Waals surface area contributed by atoms with Crippen LogP contribution >= 0.6 is 0 Å². The number of hydroxylamine groups is 2. The Balaban J connectivity index is 2.37. The highest BCUT2D eigenvalue weighted by molar-refractivity contribution is 6.05. The van der Waals surface area contributed by atoms with Crippen LogP contribution in [0, 0.1) is 0 Å². The van der Waals surface area contributed by atoms with Gasteiger partial charge in [-0.1, -0.05) is 52.4 Å². The van der Waals surface area contributed by atoms with Crippen LogP contribution in [0.5, 0.6) is 11.5 Å². The van der Waals surface area contributed by atoms with Crippen molar-refractivity contribution in [3.63, 3.8) is 0 Å². The highest BCUT2D eigenvalue weighted by atomic mass is 16.5. The van der Waals surface area contributed by atoms with Crippen LogP contribution in [-0.2, 0) is 0 Å². The largest absolute Gasteiger partial charge is 0.493 e. The van der Waals surface area contributed by atoms with Crippen molar-refractivity contribution in [3.05, 3.63) is 35.4 Å². The third-order valence-electron chi connectivity index (χ3n) is 5.24. The molecule has 176 valence electrons. The molecule has 0 atom stereocenters. The normalized spacial score (nSPS) is 10.8. The lowest BCUT2D eigenvalue weighted by Crippen LogP contribution is -2.21. The van der Waals surface area contributed by atoms with E-state index < -0.39 is 11.8 Å². The van der Waals surface area contributed by atoms with E-state index in [0.29, 0.717) is 35.5 Å². The molecule has 0 unspecified atom stereocenters. The van der Waals surface area contributed by atoms with E-state index >= 15 is 0 Å². The molecule has 2 aromatic rings. The van der Waals surface area contributed by atoms with Gasteiger partial charge in [0.2, 0.25) is 0 Å².